The number of nitrogens with one attached hydrogen (secondary N) is 1. The van der Waals surface area contributed by atoms with Crippen molar-refractivity contribution in [3.63, 3.8) is 0 Å². The van der Waals surface area contributed by atoms with Crippen LogP contribution in [0.2, 0.25) is 0 Å². The van der Waals surface area contributed by atoms with E-state index in [2.05, 4.69) is 5.32 Å². The van der Waals surface area contributed by atoms with Crippen molar-refractivity contribution in [3.05, 3.63) is 35.4 Å². The third kappa shape index (κ3) is 4.02. The zero-order valence-corrected chi connectivity index (χ0v) is 10.4. The van der Waals surface area contributed by atoms with Gasteiger partial charge in [0.25, 0.3) is 0 Å². The summed E-state index contributed by atoms with van der Waals surface area (Å²) < 4.78 is 36.4. The van der Waals surface area contributed by atoms with Gasteiger partial charge in [0.1, 0.15) is 0 Å². The van der Waals surface area contributed by atoms with Gasteiger partial charge in [-0.2, -0.15) is 13.2 Å². The second-order valence-corrected chi connectivity index (χ2v) is 5.05. The van der Waals surface area contributed by atoms with Gasteiger partial charge in [-0.1, -0.05) is 29.8 Å². The predicted octanol–water partition coefficient (Wildman–Crippen LogP) is 3.99. The molecule has 2 rings (SSSR count). The summed E-state index contributed by atoms with van der Waals surface area (Å²) >= 11 is 0. The molecule has 0 aliphatic heterocycles. The van der Waals surface area contributed by atoms with Crippen molar-refractivity contribution >= 4 is 0 Å². The van der Waals surface area contributed by atoms with Crippen LogP contribution in [0, 0.1) is 12.8 Å². The summed E-state index contributed by atoms with van der Waals surface area (Å²) in [5.41, 5.74) is 2.27. The van der Waals surface area contributed by atoms with Gasteiger partial charge in [0.05, 0.1) is 6.42 Å². The van der Waals surface area contributed by atoms with E-state index < -0.39 is 12.6 Å². The molecule has 100 valence electrons. The first-order valence-corrected chi connectivity index (χ1v) is 6.32. The maximum Gasteiger partial charge on any atom is 0.390 e. The number of alkyl halides is 3. The molecule has 1 nitrogen and oxygen atoms in total. The molecule has 1 aromatic rings. The van der Waals surface area contributed by atoms with E-state index in [1.165, 1.54) is 5.56 Å². The first kappa shape index (κ1) is 13.4. The van der Waals surface area contributed by atoms with E-state index in [4.69, 9.17) is 0 Å². The van der Waals surface area contributed by atoms with Gasteiger partial charge in [-0.3, -0.25) is 0 Å². The lowest BCUT2D eigenvalue weighted by Gasteiger charge is -2.19. The van der Waals surface area contributed by atoms with E-state index >= 15 is 0 Å². The SMILES string of the molecule is Cc1ccc(C(NCCC(F)(F)F)C2CC2)cc1. The monoisotopic (exact) mass is 257 g/mol. The molecule has 1 N–H and O–H groups in total. The minimum Gasteiger partial charge on any atom is -0.309 e. The van der Waals surface area contributed by atoms with Crippen LogP contribution >= 0.6 is 0 Å². The second-order valence-electron chi connectivity index (χ2n) is 5.05. The first-order chi connectivity index (χ1) is 8.46. The number of hydrogen-bond donors (Lipinski definition) is 1. The molecule has 1 atom stereocenters. The van der Waals surface area contributed by atoms with Crippen LogP contribution in [-0.4, -0.2) is 12.7 Å². The molecule has 0 aromatic heterocycles. The van der Waals surface area contributed by atoms with Crippen molar-refractivity contribution < 1.29 is 13.2 Å². The smallest absolute Gasteiger partial charge is 0.309 e. The Hall–Kier alpha value is -1.03. The van der Waals surface area contributed by atoms with Gasteiger partial charge in [0.2, 0.25) is 0 Å². The van der Waals surface area contributed by atoms with Crippen LogP contribution in [0.4, 0.5) is 13.2 Å². The fraction of sp³-hybridized carbons (Fsp3) is 0.571. The van der Waals surface area contributed by atoms with Gasteiger partial charge >= 0.3 is 6.18 Å². The molecule has 0 amide bonds. The Labute approximate surface area is 105 Å². The maximum absolute atomic E-state index is 12.1. The fourth-order valence-corrected chi connectivity index (χ4v) is 2.13. The van der Waals surface area contributed by atoms with Crippen molar-refractivity contribution in [2.75, 3.05) is 6.54 Å². The molecule has 0 spiro atoms. The highest BCUT2D eigenvalue weighted by atomic mass is 19.4. The lowest BCUT2D eigenvalue weighted by atomic mass is 10.0. The summed E-state index contributed by atoms with van der Waals surface area (Å²) in [4.78, 5) is 0. The molecule has 4 heteroatoms. The molecule has 0 heterocycles. The molecule has 1 unspecified atom stereocenters. The molecule has 18 heavy (non-hydrogen) atoms. The lowest BCUT2D eigenvalue weighted by Crippen LogP contribution is -2.27. The molecule has 0 saturated heterocycles. The third-order valence-corrected chi connectivity index (χ3v) is 3.30. The molecule has 1 aromatic carbocycles. The zero-order valence-electron chi connectivity index (χ0n) is 10.4. The van der Waals surface area contributed by atoms with E-state index in [9.17, 15) is 13.2 Å². The average molecular weight is 257 g/mol. The van der Waals surface area contributed by atoms with Crippen molar-refractivity contribution in [2.45, 2.75) is 38.4 Å². The normalized spacial score (nSPS) is 17.8. The highest BCUT2D eigenvalue weighted by Gasteiger charge is 2.33. The molecule has 0 radical (unpaired) electrons. The standard InChI is InChI=1S/C14H18F3N/c1-10-2-4-11(5-3-10)13(12-6-7-12)18-9-8-14(15,16)17/h2-5,12-13,18H,6-9H2,1H3. The van der Waals surface area contributed by atoms with Crippen molar-refractivity contribution in [3.8, 4) is 0 Å². The lowest BCUT2D eigenvalue weighted by molar-refractivity contribution is -0.133. The Balaban J connectivity index is 1.94. The van der Waals surface area contributed by atoms with Crippen LogP contribution in [0.1, 0.15) is 36.4 Å². The number of halogens is 3. The number of rotatable bonds is 5. The van der Waals surface area contributed by atoms with Gasteiger partial charge in [0, 0.05) is 12.6 Å². The molecular formula is C14H18F3N. The Morgan fingerprint density at radius 2 is 1.83 bits per heavy atom. The van der Waals surface area contributed by atoms with Gasteiger partial charge < -0.3 is 5.32 Å². The summed E-state index contributed by atoms with van der Waals surface area (Å²) in [6.07, 6.45) is -2.62. The van der Waals surface area contributed by atoms with Crippen molar-refractivity contribution in [1.29, 1.82) is 0 Å². The number of benzene rings is 1. The number of hydrogen-bond acceptors (Lipinski definition) is 1. The van der Waals surface area contributed by atoms with Gasteiger partial charge in [-0.25, -0.2) is 0 Å². The maximum atomic E-state index is 12.1. The molecule has 1 saturated carbocycles. The average Bonchev–Trinajstić information content (AvgIpc) is 3.08. The minimum atomic E-state index is -4.08. The first-order valence-electron chi connectivity index (χ1n) is 6.32. The van der Waals surface area contributed by atoms with E-state index in [1.807, 2.05) is 31.2 Å². The second kappa shape index (κ2) is 5.31. The van der Waals surface area contributed by atoms with Crippen LogP contribution in [0.15, 0.2) is 24.3 Å². The largest absolute Gasteiger partial charge is 0.390 e. The van der Waals surface area contributed by atoms with E-state index in [1.54, 1.807) is 0 Å². The van der Waals surface area contributed by atoms with Crippen LogP contribution in [0.25, 0.3) is 0 Å². The van der Waals surface area contributed by atoms with Crippen LogP contribution in [-0.2, 0) is 0 Å². The summed E-state index contributed by atoms with van der Waals surface area (Å²) in [5.74, 6) is 0.501. The Kier molecular flexibility index (Phi) is 3.95. The Morgan fingerprint density at radius 1 is 1.22 bits per heavy atom. The molecule has 1 aliphatic rings. The van der Waals surface area contributed by atoms with Gasteiger partial charge in [-0.05, 0) is 31.2 Å². The fourth-order valence-electron chi connectivity index (χ4n) is 2.13. The highest BCUT2D eigenvalue weighted by molar-refractivity contribution is 5.25. The van der Waals surface area contributed by atoms with Crippen LogP contribution in [0.3, 0.4) is 0 Å². The molecule has 1 fully saturated rings. The molecular weight excluding hydrogens is 239 g/mol. The predicted molar refractivity (Wildman–Crippen MR) is 65.3 cm³/mol. The minimum absolute atomic E-state index is 0.00145. The van der Waals surface area contributed by atoms with Crippen molar-refractivity contribution in [1.82, 2.24) is 5.32 Å². The van der Waals surface area contributed by atoms with E-state index in [0.717, 1.165) is 18.4 Å². The quantitative estimate of drug-likeness (QED) is 0.841. The van der Waals surface area contributed by atoms with Gasteiger partial charge in [0.15, 0.2) is 0 Å². The molecule has 1 aliphatic carbocycles. The number of aryl methyl sites for hydroxylation is 1. The summed E-state index contributed by atoms with van der Waals surface area (Å²) in [7, 11) is 0. The van der Waals surface area contributed by atoms with Gasteiger partial charge in [-0.15, -0.1) is 0 Å². The zero-order chi connectivity index (χ0) is 13.2. The van der Waals surface area contributed by atoms with Crippen molar-refractivity contribution in [2.24, 2.45) is 5.92 Å². The van der Waals surface area contributed by atoms with Crippen LogP contribution in [0.5, 0.6) is 0 Å². The summed E-state index contributed by atoms with van der Waals surface area (Å²) in [6.45, 7) is 2.01. The topological polar surface area (TPSA) is 12.0 Å². The summed E-state index contributed by atoms with van der Waals surface area (Å²) in [5, 5.41) is 3.05. The van der Waals surface area contributed by atoms with E-state index in [0.29, 0.717) is 5.92 Å². The van der Waals surface area contributed by atoms with Crippen LogP contribution < -0.4 is 5.32 Å². The third-order valence-electron chi connectivity index (χ3n) is 3.30. The molecule has 0 bridgehead atoms. The van der Waals surface area contributed by atoms with E-state index in [-0.39, 0.29) is 12.6 Å². The Morgan fingerprint density at radius 3 is 2.33 bits per heavy atom. The Bertz CT molecular complexity index is 379. The highest BCUT2D eigenvalue weighted by Crippen LogP contribution is 2.41. The summed E-state index contributed by atoms with van der Waals surface area (Å²) in [6, 6.07) is 8.12.